The van der Waals surface area contributed by atoms with Gasteiger partial charge in [0.1, 0.15) is 11.4 Å². The standard InChI is InChI=1S/C22H16BrCl2N3O2S/c1-2-17-19(12-3-5-13(23)6-4-12)20-21(31-17)26-11-28(22(20)30)10-18(29)27-16-9-14(24)7-8-15(16)25/h3-9,11H,2,10H2,1H3,(H,27,29). The molecule has 0 aliphatic carbocycles. The maximum Gasteiger partial charge on any atom is 0.263 e. The number of thiophene rings is 1. The molecule has 158 valence electrons. The second-order valence-electron chi connectivity index (χ2n) is 6.79. The number of aromatic nitrogens is 2. The first-order valence-corrected chi connectivity index (χ1v) is 11.8. The third-order valence-electron chi connectivity index (χ3n) is 4.72. The Bertz CT molecular complexity index is 1350. The predicted molar refractivity (Wildman–Crippen MR) is 131 cm³/mol. The molecule has 2 heterocycles. The van der Waals surface area contributed by atoms with Crippen LogP contribution in [0.4, 0.5) is 5.69 Å². The van der Waals surface area contributed by atoms with Crippen molar-refractivity contribution in [3.05, 3.63) is 78.5 Å². The molecule has 0 aliphatic heterocycles. The highest BCUT2D eigenvalue weighted by molar-refractivity contribution is 9.10. The van der Waals surface area contributed by atoms with Crippen molar-refractivity contribution >= 4 is 72.3 Å². The molecule has 4 rings (SSSR count). The molecule has 1 N–H and O–H groups in total. The Hall–Kier alpha value is -2.19. The molecule has 0 bridgehead atoms. The van der Waals surface area contributed by atoms with Crippen LogP contribution in [-0.2, 0) is 17.8 Å². The molecule has 1 amide bonds. The molecule has 5 nitrogen and oxygen atoms in total. The number of benzene rings is 2. The maximum atomic E-state index is 13.3. The van der Waals surface area contributed by atoms with Gasteiger partial charge in [0.2, 0.25) is 5.91 Å². The highest BCUT2D eigenvalue weighted by atomic mass is 79.9. The quantitative estimate of drug-likeness (QED) is 0.321. The number of carbonyl (C=O) groups is 1. The summed E-state index contributed by atoms with van der Waals surface area (Å²) in [7, 11) is 0. The summed E-state index contributed by atoms with van der Waals surface area (Å²) in [6.07, 6.45) is 2.19. The summed E-state index contributed by atoms with van der Waals surface area (Å²) in [4.78, 5) is 32.1. The number of amides is 1. The maximum absolute atomic E-state index is 13.3. The number of rotatable bonds is 5. The predicted octanol–water partition coefficient (Wildman–Crippen LogP) is 6.40. The van der Waals surface area contributed by atoms with Crippen LogP contribution in [0.15, 0.2) is 58.1 Å². The van der Waals surface area contributed by atoms with E-state index in [0.29, 0.717) is 25.9 Å². The van der Waals surface area contributed by atoms with Crippen LogP contribution in [0.25, 0.3) is 21.3 Å². The van der Waals surface area contributed by atoms with Gasteiger partial charge in [-0.3, -0.25) is 14.2 Å². The minimum Gasteiger partial charge on any atom is -0.323 e. The van der Waals surface area contributed by atoms with Crippen LogP contribution in [0.1, 0.15) is 11.8 Å². The van der Waals surface area contributed by atoms with Gasteiger partial charge < -0.3 is 5.32 Å². The summed E-state index contributed by atoms with van der Waals surface area (Å²) in [5, 5.41) is 4.04. The zero-order chi connectivity index (χ0) is 22.1. The molecule has 4 aromatic rings. The van der Waals surface area contributed by atoms with Crippen LogP contribution in [0.2, 0.25) is 10.0 Å². The molecule has 0 radical (unpaired) electrons. The van der Waals surface area contributed by atoms with Crippen molar-refractivity contribution in [3.8, 4) is 11.1 Å². The molecule has 0 atom stereocenters. The van der Waals surface area contributed by atoms with Gasteiger partial charge in [0.15, 0.2) is 0 Å². The van der Waals surface area contributed by atoms with Gasteiger partial charge in [-0.25, -0.2) is 4.98 Å². The summed E-state index contributed by atoms with van der Waals surface area (Å²) >= 11 is 17.0. The Morgan fingerprint density at radius 3 is 2.65 bits per heavy atom. The molecule has 0 aliphatic rings. The molecule has 0 unspecified atom stereocenters. The summed E-state index contributed by atoms with van der Waals surface area (Å²) in [6.45, 7) is 1.86. The van der Waals surface area contributed by atoms with Gasteiger partial charge in [-0.2, -0.15) is 0 Å². The van der Waals surface area contributed by atoms with E-state index in [1.165, 1.54) is 22.2 Å². The number of hydrogen-bond acceptors (Lipinski definition) is 4. The number of fused-ring (bicyclic) bond motifs is 1. The third-order valence-corrected chi connectivity index (χ3v) is 7.06. The van der Waals surface area contributed by atoms with Crippen LogP contribution < -0.4 is 10.9 Å². The van der Waals surface area contributed by atoms with E-state index in [4.69, 9.17) is 23.2 Å². The van der Waals surface area contributed by atoms with Crippen molar-refractivity contribution in [2.45, 2.75) is 19.9 Å². The smallest absolute Gasteiger partial charge is 0.263 e. The first kappa shape index (κ1) is 22.0. The Kier molecular flexibility index (Phi) is 6.48. The molecule has 2 aromatic carbocycles. The monoisotopic (exact) mass is 535 g/mol. The van der Waals surface area contributed by atoms with Crippen molar-refractivity contribution in [2.24, 2.45) is 0 Å². The second kappa shape index (κ2) is 9.12. The lowest BCUT2D eigenvalue weighted by Gasteiger charge is -2.09. The van der Waals surface area contributed by atoms with E-state index in [1.807, 2.05) is 31.2 Å². The molecular formula is C22H16BrCl2N3O2S. The van der Waals surface area contributed by atoms with Crippen LogP contribution in [0, 0.1) is 0 Å². The fourth-order valence-electron chi connectivity index (χ4n) is 3.29. The lowest BCUT2D eigenvalue weighted by Crippen LogP contribution is -2.27. The summed E-state index contributed by atoms with van der Waals surface area (Å²) in [5.41, 5.74) is 1.95. The molecule has 0 fully saturated rings. The number of nitrogens with one attached hydrogen (secondary N) is 1. The zero-order valence-electron chi connectivity index (χ0n) is 16.3. The normalized spacial score (nSPS) is 11.1. The van der Waals surface area contributed by atoms with Crippen molar-refractivity contribution in [1.29, 1.82) is 0 Å². The van der Waals surface area contributed by atoms with Crippen molar-refractivity contribution in [3.63, 3.8) is 0 Å². The van der Waals surface area contributed by atoms with Gasteiger partial charge in [-0.1, -0.05) is 58.2 Å². The van der Waals surface area contributed by atoms with E-state index in [-0.39, 0.29) is 12.1 Å². The summed E-state index contributed by atoms with van der Waals surface area (Å²) < 4.78 is 2.27. The number of hydrogen-bond donors (Lipinski definition) is 1. The van der Waals surface area contributed by atoms with Crippen molar-refractivity contribution < 1.29 is 4.79 Å². The average Bonchev–Trinajstić information content (AvgIpc) is 3.13. The van der Waals surface area contributed by atoms with E-state index >= 15 is 0 Å². The molecule has 0 spiro atoms. The average molecular weight is 537 g/mol. The largest absolute Gasteiger partial charge is 0.323 e. The SMILES string of the molecule is CCc1sc2ncn(CC(=O)Nc3cc(Cl)ccc3Cl)c(=O)c2c1-c1ccc(Br)cc1. The molecule has 0 saturated heterocycles. The number of aryl methyl sites for hydroxylation is 1. The Labute approximate surface area is 200 Å². The van der Waals surface area contributed by atoms with Gasteiger partial charge in [-0.05, 0) is 42.3 Å². The number of carbonyl (C=O) groups excluding carboxylic acids is 1. The number of anilines is 1. The third kappa shape index (κ3) is 4.55. The van der Waals surface area contributed by atoms with Gasteiger partial charge >= 0.3 is 0 Å². The lowest BCUT2D eigenvalue weighted by molar-refractivity contribution is -0.116. The number of nitrogens with zero attached hydrogens (tertiary/aromatic N) is 2. The highest BCUT2D eigenvalue weighted by Crippen LogP contribution is 2.36. The van der Waals surface area contributed by atoms with E-state index < -0.39 is 5.91 Å². The molecule has 2 aromatic heterocycles. The second-order valence-corrected chi connectivity index (χ2v) is 9.63. The van der Waals surface area contributed by atoms with Crippen molar-refractivity contribution in [2.75, 3.05) is 5.32 Å². The zero-order valence-corrected chi connectivity index (χ0v) is 20.2. The summed E-state index contributed by atoms with van der Waals surface area (Å²) in [6, 6.07) is 12.6. The van der Waals surface area contributed by atoms with Crippen LogP contribution in [0.3, 0.4) is 0 Å². The Balaban J connectivity index is 1.73. The van der Waals surface area contributed by atoms with Crippen LogP contribution in [-0.4, -0.2) is 15.5 Å². The van der Waals surface area contributed by atoms with Gasteiger partial charge in [0, 0.05) is 19.9 Å². The fourth-order valence-corrected chi connectivity index (χ4v) is 4.99. The van der Waals surface area contributed by atoms with Crippen LogP contribution >= 0.6 is 50.5 Å². The van der Waals surface area contributed by atoms with E-state index in [2.05, 4.69) is 26.2 Å². The lowest BCUT2D eigenvalue weighted by atomic mass is 10.0. The fraction of sp³-hybridized carbons (Fsp3) is 0.136. The Morgan fingerprint density at radius 2 is 1.94 bits per heavy atom. The van der Waals surface area contributed by atoms with Crippen molar-refractivity contribution in [1.82, 2.24) is 9.55 Å². The van der Waals surface area contributed by atoms with Gasteiger partial charge in [-0.15, -0.1) is 11.3 Å². The molecule has 31 heavy (non-hydrogen) atoms. The van der Waals surface area contributed by atoms with E-state index in [0.717, 1.165) is 26.9 Å². The van der Waals surface area contributed by atoms with E-state index in [1.54, 1.807) is 18.2 Å². The first-order chi connectivity index (χ1) is 14.9. The first-order valence-electron chi connectivity index (χ1n) is 9.39. The van der Waals surface area contributed by atoms with Gasteiger partial charge in [0.05, 0.1) is 22.4 Å². The van der Waals surface area contributed by atoms with E-state index in [9.17, 15) is 9.59 Å². The molecule has 9 heteroatoms. The van der Waals surface area contributed by atoms with Gasteiger partial charge in [0.25, 0.3) is 5.56 Å². The molecule has 0 saturated carbocycles. The van der Waals surface area contributed by atoms with Crippen LogP contribution in [0.5, 0.6) is 0 Å². The minimum atomic E-state index is -0.399. The minimum absolute atomic E-state index is 0.193. The summed E-state index contributed by atoms with van der Waals surface area (Å²) in [5.74, 6) is -0.399. The molecular weight excluding hydrogens is 521 g/mol. The highest BCUT2D eigenvalue weighted by Gasteiger charge is 2.19. The Morgan fingerprint density at radius 1 is 1.19 bits per heavy atom. The topological polar surface area (TPSA) is 64.0 Å². The number of halogens is 3.